The molecule has 178 valence electrons. The third-order valence-corrected chi connectivity index (χ3v) is 6.08. The Morgan fingerprint density at radius 3 is 2.67 bits per heavy atom. The van der Waals surface area contributed by atoms with Crippen LogP contribution in [0.25, 0.3) is 39.6 Å². The second kappa shape index (κ2) is 10.5. The lowest BCUT2D eigenvalue weighted by molar-refractivity contribution is 0.309. The minimum atomic E-state index is 0.408. The lowest BCUT2D eigenvalue weighted by atomic mass is 10.1. The van der Waals surface area contributed by atoms with Crippen molar-refractivity contribution >= 4 is 34.3 Å². The average molecular weight is 494 g/mol. The highest BCUT2D eigenvalue weighted by atomic mass is 35.5. The van der Waals surface area contributed by atoms with Gasteiger partial charge in [-0.3, -0.25) is 0 Å². The smallest absolute Gasteiger partial charge is 0.149 e. The van der Waals surface area contributed by atoms with Crippen molar-refractivity contribution < 1.29 is 4.74 Å². The summed E-state index contributed by atoms with van der Waals surface area (Å²) in [6.45, 7) is 2.74. The van der Waals surface area contributed by atoms with Crippen LogP contribution in [0.2, 0.25) is 5.02 Å². The molecule has 0 amide bonds. The van der Waals surface area contributed by atoms with Crippen LogP contribution in [0.4, 0.5) is 0 Å². The van der Waals surface area contributed by atoms with Crippen LogP contribution in [-0.4, -0.2) is 26.4 Å². The number of halogens is 1. The van der Waals surface area contributed by atoms with Gasteiger partial charge in [0.25, 0.3) is 0 Å². The Morgan fingerprint density at radius 2 is 1.92 bits per heavy atom. The summed E-state index contributed by atoms with van der Waals surface area (Å²) in [6.07, 6.45) is 5.73. The molecule has 6 nitrogen and oxygen atoms in total. The van der Waals surface area contributed by atoms with Crippen molar-refractivity contribution in [2.24, 2.45) is 0 Å². The predicted octanol–water partition coefficient (Wildman–Crippen LogP) is 7.31. The Hall–Kier alpha value is -4.34. The zero-order valence-electron chi connectivity index (χ0n) is 19.8. The van der Waals surface area contributed by atoms with Gasteiger partial charge in [0, 0.05) is 17.3 Å². The summed E-state index contributed by atoms with van der Waals surface area (Å²) < 4.78 is 7.62. The zero-order valence-corrected chi connectivity index (χ0v) is 20.5. The zero-order chi connectivity index (χ0) is 24.9. The topological polar surface area (TPSA) is 79.5 Å². The van der Waals surface area contributed by atoms with E-state index in [4.69, 9.17) is 21.4 Å². The van der Waals surface area contributed by atoms with E-state index >= 15 is 0 Å². The number of rotatable bonds is 8. The summed E-state index contributed by atoms with van der Waals surface area (Å²) >= 11 is 6.57. The van der Waals surface area contributed by atoms with Crippen LogP contribution in [-0.2, 0) is 0 Å². The number of H-pyrrole nitrogens is 1. The molecular weight excluding hydrogens is 470 g/mol. The number of allylic oxidation sites excluding steroid dienone is 1. The molecule has 1 N–H and O–H groups in total. The normalized spacial score (nSPS) is 11.5. The number of benzene rings is 3. The highest BCUT2D eigenvalue weighted by Crippen LogP contribution is 2.33. The van der Waals surface area contributed by atoms with Gasteiger partial charge in [-0.15, -0.1) is 0 Å². The maximum Gasteiger partial charge on any atom is 0.149 e. The molecule has 0 atom stereocenters. The van der Waals surface area contributed by atoms with E-state index in [0.29, 0.717) is 34.5 Å². The molecule has 36 heavy (non-hydrogen) atoms. The molecule has 0 bridgehead atoms. The number of imidazole rings is 1. The summed E-state index contributed by atoms with van der Waals surface area (Å²) in [4.78, 5) is 7.84. The van der Waals surface area contributed by atoms with Crippen LogP contribution in [0.5, 0.6) is 5.75 Å². The van der Waals surface area contributed by atoms with Gasteiger partial charge in [0.2, 0.25) is 0 Å². The van der Waals surface area contributed by atoms with E-state index in [1.54, 1.807) is 10.8 Å². The summed E-state index contributed by atoms with van der Waals surface area (Å²) in [7, 11) is 0. The van der Waals surface area contributed by atoms with E-state index in [-0.39, 0.29) is 0 Å². The summed E-state index contributed by atoms with van der Waals surface area (Å²) in [6, 6.07) is 25.5. The molecule has 0 fully saturated rings. The standard InChI is InChI=1S/C29H24ClN5O/c1-2-3-15-36-27-14-13-20(17-24(27)30)28-22(19-35(34-28)23-9-5-4-6-10-23)16-21(18-31)29-32-25-11-7-8-12-26(25)33-29/h4-14,16-17,19H,2-3,15H2,1H3,(H,32,33). The van der Waals surface area contributed by atoms with Crippen LogP contribution in [0.3, 0.4) is 0 Å². The largest absolute Gasteiger partial charge is 0.492 e. The van der Waals surface area contributed by atoms with Crippen molar-refractivity contribution in [2.45, 2.75) is 19.8 Å². The van der Waals surface area contributed by atoms with Crippen molar-refractivity contribution in [3.63, 3.8) is 0 Å². The molecule has 5 rings (SSSR count). The molecule has 0 aliphatic heterocycles. The molecular formula is C29H24ClN5O. The maximum absolute atomic E-state index is 9.99. The Kier molecular flexibility index (Phi) is 6.83. The number of ether oxygens (including phenoxy) is 1. The van der Waals surface area contributed by atoms with Gasteiger partial charge in [-0.25, -0.2) is 9.67 Å². The lowest BCUT2D eigenvalue weighted by Gasteiger charge is -2.09. The molecule has 0 spiro atoms. The lowest BCUT2D eigenvalue weighted by Crippen LogP contribution is -1.97. The molecule has 3 aromatic carbocycles. The minimum absolute atomic E-state index is 0.408. The Labute approximate surface area is 214 Å². The maximum atomic E-state index is 9.99. The van der Waals surface area contributed by atoms with Crippen molar-refractivity contribution in [3.05, 3.63) is 95.4 Å². The van der Waals surface area contributed by atoms with E-state index in [9.17, 15) is 5.26 Å². The number of aromatic nitrogens is 4. The van der Waals surface area contributed by atoms with Gasteiger partial charge in [0.1, 0.15) is 23.3 Å². The number of hydrogen-bond donors (Lipinski definition) is 1. The van der Waals surface area contributed by atoms with Gasteiger partial charge >= 0.3 is 0 Å². The molecule has 0 aliphatic rings. The number of nitrogens with one attached hydrogen (secondary N) is 1. The number of para-hydroxylation sites is 3. The van der Waals surface area contributed by atoms with Gasteiger partial charge in [-0.05, 0) is 55.0 Å². The van der Waals surface area contributed by atoms with Gasteiger partial charge in [0.15, 0.2) is 0 Å². The molecule has 2 heterocycles. The Balaban J connectivity index is 1.59. The molecule has 0 unspecified atom stereocenters. The average Bonchev–Trinajstić information content (AvgIpc) is 3.53. The van der Waals surface area contributed by atoms with E-state index < -0.39 is 0 Å². The molecule has 5 aromatic rings. The van der Waals surface area contributed by atoms with Gasteiger partial charge in [-0.1, -0.05) is 55.3 Å². The molecule has 7 heteroatoms. The third kappa shape index (κ3) is 4.88. The van der Waals surface area contributed by atoms with Gasteiger partial charge in [0.05, 0.1) is 33.9 Å². The Morgan fingerprint density at radius 1 is 1.11 bits per heavy atom. The predicted molar refractivity (Wildman–Crippen MR) is 144 cm³/mol. The van der Waals surface area contributed by atoms with E-state index in [0.717, 1.165) is 40.7 Å². The highest BCUT2D eigenvalue weighted by molar-refractivity contribution is 6.32. The third-order valence-electron chi connectivity index (χ3n) is 5.79. The fraction of sp³-hybridized carbons (Fsp3) is 0.138. The summed E-state index contributed by atoms with van der Waals surface area (Å²) in [5, 5.41) is 15.4. The Bertz CT molecular complexity index is 1540. The first-order valence-electron chi connectivity index (χ1n) is 11.8. The molecule has 0 saturated carbocycles. The quantitative estimate of drug-likeness (QED) is 0.181. The van der Waals surface area contributed by atoms with Crippen molar-refractivity contribution in [1.29, 1.82) is 5.26 Å². The first kappa shape index (κ1) is 23.4. The SMILES string of the molecule is CCCCOc1ccc(-c2nn(-c3ccccc3)cc2C=C(C#N)c2nc3ccccc3[nH]2)cc1Cl. The van der Waals surface area contributed by atoms with Crippen LogP contribution in [0.1, 0.15) is 31.2 Å². The van der Waals surface area contributed by atoms with E-state index in [1.807, 2.05) is 79.0 Å². The number of unbranched alkanes of at least 4 members (excludes halogenated alkanes) is 1. The fourth-order valence-electron chi connectivity index (χ4n) is 3.91. The fourth-order valence-corrected chi connectivity index (χ4v) is 4.15. The monoisotopic (exact) mass is 493 g/mol. The van der Waals surface area contributed by atoms with Crippen molar-refractivity contribution in [1.82, 2.24) is 19.7 Å². The van der Waals surface area contributed by atoms with E-state index in [2.05, 4.69) is 23.0 Å². The molecule has 0 aliphatic carbocycles. The van der Waals surface area contributed by atoms with Crippen LogP contribution < -0.4 is 4.74 Å². The number of nitriles is 1. The number of fused-ring (bicyclic) bond motifs is 1. The second-order valence-electron chi connectivity index (χ2n) is 8.33. The molecule has 0 saturated heterocycles. The molecule has 2 aromatic heterocycles. The number of nitrogens with zero attached hydrogens (tertiary/aromatic N) is 4. The highest BCUT2D eigenvalue weighted by Gasteiger charge is 2.16. The number of hydrogen-bond acceptors (Lipinski definition) is 4. The summed E-state index contributed by atoms with van der Waals surface area (Å²) in [5.74, 6) is 1.16. The van der Waals surface area contributed by atoms with Crippen molar-refractivity contribution in [3.8, 4) is 28.8 Å². The van der Waals surface area contributed by atoms with Crippen LogP contribution in [0.15, 0.2) is 79.0 Å². The van der Waals surface area contributed by atoms with Gasteiger partial charge < -0.3 is 9.72 Å². The second-order valence-corrected chi connectivity index (χ2v) is 8.74. The minimum Gasteiger partial charge on any atom is -0.492 e. The number of aromatic amines is 1. The van der Waals surface area contributed by atoms with Crippen molar-refractivity contribution in [2.75, 3.05) is 6.61 Å². The molecule has 0 radical (unpaired) electrons. The first-order chi connectivity index (χ1) is 17.7. The first-order valence-corrected chi connectivity index (χ1v) is 12.2. The van der Waals surface area contributed by atoms with Crippen LogP contribution >= 0.6 is 11.6 Å². The van der Waals surface area contributed by atoms with Gasteiger partial charge in [-0.2, -0.15) is 10.4 Å². The van der Waals surface area contributed by atoms with E-state index in [1.165, 1.54) is 0 Å². The van der Waals surface area contributed by atoms with Crippen LogP contribution in [0, 0.1) is 11.3 Å². The summed E-state index contributed by atoms with van der Waals surface area (Å²) in [5.41, 5.74) is 5.29.